The van der Waals surface area contributed by atoms with Crippen LogP contribution in [0.5, 0.6) is 0 Å². The Balaban J connectivity index is 1.48. The van der Waals surface area contributed by atoms with Crippen molar-refractivity contribution in [1.82, 2.24) is 29.3 Å². The van der Waals surface area contributed by atoms with Gasteiger partial charge >= 0.3 is 0 Å². The van der Waals surface area contributed by atoms with E-state index in [4.69, 9.17) is 14.6 Å². The number of carbonyl (C=O) groups is 1. The molecule has 4 heterocycles. The lowest BCUT2D eigenvalue weighted by Crippen LogP contribution is -2.54. The van der Waals surface area contributed by atoms with Gasteiger partial charge in [0.25, 0.3) is 0 Å². The summed E-state index contributed by atoms with van der Waals surface area (Å²) in [5.74, 6) is 0.839. The van der Waals surface area contributed by atoms with E-state index in [0.717, 1.165) is 48.0 Å². The SMILES string of the molecule is COC[C@H](C)Nc1ncc2c(-c3cnn(C(C)(C)C(=O)N4C[C@@H](C)O[C@@H](C)C4)c3)cc(C3CCC(O)CC3)n2n1. The number of aliphatic hydroxyl groups excluding tert-OH is 1. The van der Waals surface area contributed by atoms with Crippen molar-refractivity contribution in [1.29, 1.82) is 0 Å². The van der Waals surface area contributed by atoms with Crippen LogP contribution in [0.1, 0.15) is 71.9 Å². The molecule has 1 aliphatic carbocycles. The number of ether oxygens (including phenoxy) is 2. The van der Waals surface area contributed by atoms with Crippen molar-refractivity contribution in [3.63, 3.8) is 0 Å². The highest BCUT2D eigenvalue weighted by molar-refractivity contribution is 5.85. The normalized spacial score (nSPS) is 24.8. The number of amides is 1. The molecule has 5 rings (SSSR count). The number of nitrogens with zero attached hydrogens (tertiary/aromatic N) is 6. The number of fused-ring (bicyclic) bond motifs is 1. The summed E-state index contributed by atoms with van der Waals surface area (Å²) in [7, 11) is 1.67. The summed E-state index contributed by atoms with van der Waals surface area (Å²) < 4.78 is 14.8. The fourth-order valence-electron chi connectivity index (χ4n) is 6.08. The molecule has 11 nitrogen and oxygen atoms in total. The molecule has 0 aromatic carbocycles. The van der Waals surface area contributed by atoms with Crippen LogP contribution in [0, 0.1) is 0 Å². The summed E-state index contributed by atoms with van der Waals surface area (Å²) in [6.45, 7) is 11.5. The van der Waals surface area contributed by atoms with E-state index in [1.54, 1.807) is 11.8 Å². The Bertz CT molecular complexity index is 1320. The third-order valence-electron chi connectivity index (χ3n) is 8.15. The van der Waals surface area contributed by atoms with E-state index in [9.17, 15) is 9.90 Å². The summed E-state index contributed by atoms with van der Waals surface area (Å²) in [6, 6.07) is 2.23. The largest absolute Gasteiger partial charge is 0.393 e. The highest BCUT2D eigenvalue weighted by atomic mass is 16.5. The van der Waals surface area contributed by atoms with Crippen molar-refractivity contribution < 1.29 is 19.4 Å². The number of hydrogen-bond acceptors (Lipinski definition) is 8. The summed E-state index contributed by atoms with van der Waals surface area (Å²) in [4.78, 5) is 20.1. The zero-order valence-electron chi connectivity index (χ0n) is 24.5. The molecule has 218 valence electrons. The van der Waals surface area contributed by atoms with Gasteiger partial charge < -0.3 is 24.8 Å². The minimum absolute atomic E-state index is 0.000535. The minimum atomic E-state index is -0.863. The summed E-state index contributed by atoms with van der Waals surface area (Å²) in [5, 5.41) is 23.0. The molecule has 40 heavy (non-hydrogen) atoms. The van der Waals surface area contributed by atoms with Gasteiger partial charge in [-0.25, -0.2) is 9.50 Å². The summed E-state index contributed by atoms with van der Waals surface area (Å²) in [6.07, 6.45) is 8.73. The third-order valence-corrected chi connectivity index (χ3v) is 8.15. The van der Waals surface area contributed by atoms with E-state index in [1.165, 1.54) is 0 Å². The first-order valence-electron chi connectivity index (χ1n) is 14.4. The highest BCUT2D eigenvalue weighted by Crippen LogP contribution is 2.38. The Morgan fingerprint density at radius 3 is 2.58 bits per heavy atom. The Kier molecular flexibility index (Phi) is 8.17. The van der Waals surface area contributed by atoms with Crippen molar-refractivity contribution in [2.75, 3.05) is 32.1 Å². The molecule has 1 saturated carbocycles. The predicted octanol–water partition coefficient (Wildman–Crippen LogP) is 3.43. The van der Waals surface area contributed by atoms with Gasteiger partial charge in [0, 0.05) is 55.2 Å². The first-order chi connectivity index (χ1) is 19.1. The molecule has 0 radical (unpaired) electrons. The molecule has 1 saturated heterocycles. The van der Waals surface area contributed by atoms with Gasteiger partial charge in [0.2, 0.25) is 11.9 Å². The molecular formula is C29H43N7O4. The lowest BCUT2D eigenvalue weighted by atomic mass is 9.85. The fourth-order valence-corrected chi connectivity index (χ4v) is 6.08. The van der Waals surface area contributed by atoms with Gasteiger partial charge in [-0.1, -0.05) is 0 Å². The lowest BCUT2D eigenvalue weighted by molar-refractivity contribution is -0.151. The van der Waals surface area contributed by atoms with E-state index >= 15 is 0 Å². The third kappa shape index (κ3) is 5.73. The standard InChI is InChI=1S/C29H43N7O4/c1-18(17-39-6)32-28-30-13-26-24(11-25(36(26)33-28)21-7-9-23(37)10-8-21)22-12-31-35(16-22)29(4,5)27(38)34-14-19(2)40-20(3)15-34/h11-13,16,18-21,23,37H,7-10,14-15,17H2,1-6H3,(H,32,33)/t18-,19-,20+,21?,23?/m0/s1. The molecule has 0 unspecified atom stereocenters. The molecule has 2 aliphatic rings. The van der Waals surface area contributed by atoms with Gasteiger partial charge in [-0.2, -0.15) is 5.10 Å². The average Bonchev–Trinajstić information content (AvgIpc) is 3.54. The van der Waals surface area contributed by atoms with Gasteiger partial charge in [-0.15, -0.1) is 5.10 Å². The Morgan fingerprint density at radius 2 is 1.90 bits per heavy atom. The molecule has 0 bridgehead atoms. The van der Waals surface area contributed by atoms with Crippen LogP contribution in [-0.2, 0) is 19.8 Å². The van der Waals surface area contributed by atoms with E-state index < -0.39 is 5.54 Å². The number of aliphatic hydroxyl groups is 1. The Labute approximate surface area is 235 Å². The fraction of sp³-hybridized carbons (Fsp3) is 0.655. The number of rotatable bonds is 8. The highest BCUT2D eigenvalue weighted by Gasteiger charge is 2.38. The quantitative estimate of drug-likeness (QED) is 0.436. The molecule has 2 N–H and O–H groups in total. The minimum Gasteiger partial charge on any atom is -0.393 e. The van der Waals surface area contributed by atoms with Crippen LogP contribution in [0.3, 0.4) is 0 Å². The second kappa shape index (κ2) is 11.5. The number of methoxy groups -OCH3 is 1. The van der Waals surface area contributed by atoms with E-state index in [2.05, 4.69) is 21.5 Å². The molecule has 1 amide bonds. The van der Waals surface area contributed by atoms with Crippen LogP contribution >= 0.6 is 0 Å². The van der Waals surface area contributed by atoms with Crippen molar-refractivity contribution in [2.45, 2.75) is 96.1 Å². The number of hydrogen-bond donors (Lipinski definition) is 2. The number of carbonyl (C=O) groups excluding carboxylic acids is 1. The zero-order valence-corrected chi connectivity index (χ0v) is 24.5. The Hall–Kier alpha value is -3.02. The summed E-state index contributed by atoms with van der Waals surface area (Å²) >= 11 is 0. The molecule has 0 spiro atoms. The predicted molar refractivity (Wildman–Crippen MR) is 152 cm³/mol. The van der Waals surface area contributed by atoms with Crippen LogP contribution < -0.4 is 5.32 Å². The second-order valence-electron chi connectivity index (χ2n) is 12.1. The Morgan fingerprint density at radius 1 is 1.20 bits per heavy atom. The molecule has 3 atom stereocenters. The number of aromatic nitrogens is 5. The van der Waals surface area contributed by atoms with Gasteiger partial charge in [-0.3, -0.25) is 9.48 Å². The number of nitrogens with one attached hydrogen (secondary N) is 1. The van der Waals surface area contributed by atoms with Crippen molar-refractivity contribution in [3.8, 4) is 11.1 Å². The van der Waals surface area contributed by atoms with Gasteiger partial charge in [0.05, 0.1) is 42.8 Å². The maximum atomic E-state index is 13.6. The topological polar surface area (TPSA) is 119 Å². The monoisotopic (exact) mass is 553 g/mol. The van der Waals surface area contributed by atoms with Gasteiger partial charge in [-0.05, 0) is 66.4 Å². The van der Waals surface area contributed by atoms with Gasteiger partial charge in [0.15, 0.2) is 0 Å². The molecule has 1 aliphatic heterocycles. The first-order valence-corrected chi connectivity index (χ1v) is 14.4. The smallest absolute Gasteiger partial charge is 0.250 e. The van der Waals surface area contributed by atoms with Crippen molar-refractivity contribution >= 4 is 17.4 Å². The van der Waals surface area contributed by atoms with Crippen LogP contribution in [0.25, 0.3) is 16.6 Å². The van der Waals surface area contributed by atoms with E-state index in [-0.39, 0.29) is 36.2 Å². The molecule has 11 heteroatoms. The summed E-state index contributed by atoms with van der Waals surface area (Å²) in [5.41, 5.74) is 2.99. The van der Waals surface area contributed by atoms with Crippen molar-refractivity contribution in [3.05, 3.63) is 30.4 Å². The molecule has 3 aromatic rings. The average molecular weight is 554 g/mol. The van der Waals surface area contributed by atoms with Gasteiger partial charge in [0.1, 0.15) is 5.54 Å². The van der Waals surface area contributed by atoms with E-state index in [0.29, 0.717) is 25.6 Å². The molecular weight excluding hydrogens is 510 g/mol. The number of morpholine rings is 1. The van der Waals surface area contributed by atoms with Crippen LogP contribution in [0.4, 0.5) is 5.95 Å². The lowest BCUT2D eigenvalue weighted by Gasteiger charge is -2.39. The number of anilines is 1. The molecule has 2 fully saturated rings. The second-order valence-corrected chi connectivity index (χ2v) is 12.1. The first kappa shape index (κ1) is 28.5. The van der Waals surface area contributed by atoms with Crippen LogP contribution in [0.15, 0.2) is 24.7 Å². The maximum absolute atomic E-state index is 13.6. The van der Waals surface area contributed by atoms with E-state index in [1.807, 2.05) is 62.6 Å². The van der Waals surface area contributed by atoms with Crippen molar-refractivity contribution in [2.24, 2.45) is 0 Å². The van der Waals surface area contributed by atoms with Crippen LogP contribution in [-0.4, -0.2) is 91.5 Å². The van der Waals surface area contributed by atoms with Crippen LogP contribution in [0.2, 0.25) is 0 Å². The molecule has 3 aromatic heterocycles. The zero-order chi connectivity index (χ0) is 28.6. The maximum Gasteiger partial charge on any atom is 0.250 e.